The van der Waals surface area contributed by atoms with Crippen LogP contribution in [0.25, 0.3) is 71.7 Å². The highest BCUT2D eigenvalue weighted by Crippen LogP contribution is 2.63. The van der Waals surface area contributed by atoms with Crippen LogP contribution in [0.2, 0.25) is 0 Å². The highest BCUT2D eigenvalue weighted by atomic mass is 15.0. The molecule has 3 aliphatic rings. The second-order valence-corrected chi connectivity index (χ2v) is 14.4. The van der Waals surface area contributed by atoms with Gasteiger partial charge in [-0.25, -0.2) is 0 Å². The first-order chi connectivity index (χ1) is 25.8. The molecule has 242 valence electrons. The molecular formula is C50H32N2. The number of hydrogen-bond acceptors (Lipinski definition) is 0. The third kappa shape index (κ3) is 3.44. The van der Waals surface area contributed by atoms with E-state index in [0.29, 0.717) is 0 Å². The molecule has 3 aliphatic carbocycles. The van der Waals surface area contributed by atoms with Crippen molar-refractivity contribution in [3.05, 3.63) is 210 Å². The van der Waals surface area contributed by atoms with E-state index >= 15 is 0 Å². The number of benzene rings is 7. The number of fused-ring (bicyclic) bond motifs is 15. The SMILES string of the molecule is C1=CC2=C(C=CC1)C1(c3ccccc32)c2ccc(-n3c4ccccc4c4ccccc43)cc2-c2cc(-n3c4ccccc4c4ccccc43)ccc21. The molecule has 12 rings (SSSR count). The molecule has 0 atom stereocenters. The van der Waals surface area contributed by atoms with Crippen molar-refractivity contribution in [2.75, 3.05) is 0 Å². The van der Waals surface area contributed by atoms with E-state index in [2.05, 4.69) is 191 Å². The van der Waals surface area contributed by atoms with Crippen LogP contribution in [0.15, 0.2) is 188 Å². The molecule has 0 unspecified atom stereocenters. The summed E-state index contributed by atoms with van der Waals surface area (Å²) in [5, 5.41) is 5.11. The lowest BCUT2D eigenvalue weighted by Gasteiger charge is -2.31. The highest BCUT2D eigenvalue weighted by molar-refractivity contribution is 6.11. The van der Waals surface area contributed by atoms with E-state index in [9.17, 15) is 0 Å². The van der Waals surface area contributed by atoms with Crippen molar-refractivity contribution in [3.63, 3.8) is 0 Å². The van der Waals surface area contributed by atoms with E-state index in [1.165, 1.54) is 99.5 Å². The minimum absolute atomic E-state index is 0.416. The third-order valence-electron chi connectivity index (χ3n) is 11.9. The molecule has 2 heteroatoms. The van der Waals surface area contributed by atoms with Crippen molar-refractivity contribution >= 4 is 49.2 Å². The molecule has 0 saturated carbocycles. The zero-order valence-electron chi connectivity index (χ0n) is 28.4. The molecular weight excluding hydrogens is 629 g/mol. The molecule has 0 aliphatic heterocycles. The molecule has 7 aromatic carbocycles. The van der Waals surface area contributed by atoms with Gasteiger partial charge in [0.2, 0.25) is 0 Å². The number of hydrogen-bond donors (Lipinski definition) is 0. The number of rotatable bonds is 2. The average molecular weight is 661 g/mol. The van der Waals surface area contributed by atoms with E-state index in [4.69, 9.17) is 0 Å². The molecule has 52 heavy (non-hydrogen) atoms. The lowest BCUT2D eigenvalue weighted by molar-refractivity contribution is 0.785. The number of para-hydroxylation sites is 4. The Morgan fingerprint density at radius 3 is 1.33 bits per heavy atom. The minimum atomic E-state index is -0.416. The quantitative estimate of drug-likeness (QED) is 0.175. The first kappa shape index (κ1) is 28.1. The number of nitrogens with zero attached hydrogens (tertiary/aromatic N) is 2. The largest absolute Gasteiger partial charge is 0.309 e. The Morgan fingerprint density at radius 2 is 0.808 bits per heavy atom. The minimum Gasteiger partial charge on any atom is -0.309 e. The Bertz CT molecular complexity index is 2830. The fourth-order valence-electron chi connectivity index (χ4n) is 9.95. The fourth-order valence-corrected chi connectivity index (χ4v) is 9.95. The molecule has 0 radical (unpaired) electrons. The molecule has 0 amide bonds. The Kier molecular flexibility index (Phi) is 5.52. The van der Waals surface area contributed by atoms with Crippen molar-refractivity contribution in [3.8, 4) is 22.5 Å². The molecule has 0 N–H and O–H groups in total. The van der Waals surface area contributed by atoms with Crippen LogP contribution < -0.4 is 0 Å². The van der Waals surface area contributed by atoms with Gasteiger partial charge < -0.3 is 9.13 Å². The third-order valence-corrected chi connectivity index (χ3v) is 11.9. The molecule has 2 aromatic heterocycles. The summed E-state index contributed by atoms with van der Waals surface area (Å²) in [6.45, 7) is 0. The Balaban J connectivity index is 1.20. The first-order valence-corrected chi connectivity index (χ1v) is 18.3. The van der Waals surface area contributed by atoms with Gasteiger partial charge in [0.1, 0.15) is 0 Å². The van der Waals surface area contributed by atoms with E-state index < -0.39 is 5.41 Å². The summed E-state index contributed by atoms with van der Waals surface area (Å²) in [4.78, 5) is 0. The molecule has 0 bridgehead atoms. The van der Waals surface area contributed by atoms with Gasteiger partial charge in [-0.3, -0.25) is 0 Å². The summed E-state index contributed by atoms with van der Waals surface area (Å²) in [5.41, 5.74) is 17.5. The summed E-state index contributed by atoms with van der Waals surface area (Å²) in [7, 11) is 0. The second kappa shape index (κ2) is 10.2. The molecule has 1 spiro atoms. The van der Waals surface area contributed by atoms with Gasteiger partial charge in [-0.1, -0.05) is 133 Å². The van der Waals surface area contributed by atoms with Crippen molar-refractivity contribution in [1.82, 2.24) is 9.13 Å². The lowest BCUT2D eigenvalue weighted by Crippen LogP contribution is -2.26. The van der Waals surface area contributed by atoms with Crippen LogP contribution in [0.1, 0.15) is 28.7 Å². The smallest absolute Gasteiger partial charge is 0.0725 e. The summed E-state index contributed by atoms with van der Waals surface area (Å²) in [6, 6.07) is 58.8. The van der Waals surface area contributed by atoms with Crippen LogP contribution >= 0.6 is 0 Å². The van der Waals surface area contributed by atoms with E-state index in [0.717, 1.165) is 6.42 Å². The van der Waals surface area contributed by atoms with Crippen LogP contribution in [-0.2, 0) is 5.41 Å². The lowest BCUT2D eigenvalue weighted by atomic mass is 9.69. The normalized spacial score (nSPS) is 15.2. The Morgan fingerprint density at radius 1 is 0.385 bits per heavy atom. The van der Waals surface area contributed by atoms with Gasteiger partial charge in [-0.05, 0) is 99.5 Å². The predicted molar refractivity (Wildman–Crippen MR) is 217 cm³/mol. The maximum absolute atomic E-state index is 2.47. The first-order valence-electron chi connectivity index (χ1n) is 18.3. The van der Waals surface area contributed by atoms with Crippen LogP contribution in [0, 0.1) is 0 Å². The van der Waals surface area contributed by atoms with Gasteiger partial charge in [0.25, 0.3) is 0 Å². The summed E-state index contributed by atoms with van der Waals surface area (Å²) in [5.74, 6) is 0. The second-order valence-electron chi connectivity index (χ2n) is 14.4. The van der Waals surface area contributed by atoms with Crippen LogP contribution in [0.3, 0.4) is 0 Å². The van der Waals surface area contributed by atoms with E-state index in [1.54, 1.807) is 0 Å². The van der Waals surface area contributed by atoms with Crippen LogP contribution in [0.4, 0.5) is 0 Å². The Labute approximate surface area is 301 Å². The predicted octanol–water partition coefficient (Wildman–Crippen LogP) is 12.5. The fraction of sp³-hybridized carbons (Fsp3) is 0.0400. The standard InChI is InChI=1S/C50H32N2/c1-2-14-34-35-15-4-9-21-43(35)50(42(34)20-3-1)44-28-26-32(51-46-22-10-5-16-36(46)37-17-6-11-23-47(37)51)30-40(44)41-31-33(27-29-45(41)50)52-48-24-12-7-18-38(48)39-19-8-13-25-49(39)52/h2-31H,1H2. The number of aromatic nitrogens is 2. The van der Waals surface area contributed by atoms with Gasteiger partial charge in [0.05, 0.1) is 27.5 Å². The summed E-state index contributed by atoms with van der Waals surface area (Å²) < 4.78 is 4.90. The highest BCUT2D eigenvalue weighted by Gasteiger charge is 2.52. The van der Waals surface area contributed by atoms with Crippen molar-refractivity contribution in [2.24, 2.45) is 0 Å². The van der Waals surface area contributed by atoms with Crippen LogP contribution in [-0.4, -0.2) is 9.13 Å². The average Bonchev–Trinajstić information content (AvgIpc) is 3.82. The molecule has 0 fully saturated rings. The van der Waals surface area contributed by atoms with E-state index in [-0.39, 0.29) is 0 Å². The number of allylic oxidation sites excluding steroid dienone is 6. The topological polar surface area (TPSA) is 9.86 Å². The summed E-state index contributed by atoms with van der Waals surface area (Å²) >= 11 is 0. The molecule has 2 heterocycles. The molecule has 2 nitrogen and oxygen atoms in total. The monoisotopic (exact) mass is 660 g/mol. The van der Waals surface area contributed by atoms with Gasteiger partial charge >= 0.3 is 0 Å². The zero-order chi connectivity index (χ0) is 34.0. The maximum atomic E-state index is 2.47. The summed E-state index contributed by atoms with van der Waals surface area (Å²) in [6.07, 6.45) is 10.4. The maximum Gasteiger partial charge on any atom is 0.0725 e. The van der Waals surface area contributed by atoms with Crippen molar-refractivity contribution < 1.29 is 0 Å². The van der Waals surface area contributed by atoms with Crippen molar-refractivity contribution in [1.29, 1.82) is 0 Å². The molecule has 0 saturated heterocycles. The van der Waals surface area contributed by atoms with Gasteiger partial charge in [0, 0.05) is 32.9 Å². The molecule has 9 aromatic rings. The van der Waals surface area contributed by atoms with E-state index in [1.807, 2.05) is 0 Å². The van der Waals surface area contributed by atoms with Crippen molar-refractivity contribution in [2.45, 2.75) is 11.8 Å². The Hall–Kier alpha value is -6.64. The zero-order valence-corrected chi connectivity index (χ0v) is 28.4. The van der Waals surface area contributed by atoms with Gasteiger partial charge in [-0.2, -0.15) is 0 Å². The van der Waals surface area contributed by atoms with Crippen LogP contribution in [0.5, 0.6) is 0 Å². The van der Waals surface area contributed by atoms with Gasteiger partial charge in [-0.15, -0.1) is 0 Å². The van der Waals surface area contributed by atoms with Gasteiger partial charge in [0.15, 0.2) is 0 Å².